The predicted octanol–water partition coefficient (Wildman–Crippen LogP) is 2.37. The average Bonchev–Trinajstić information content (AvgIpc) is 2.29. The third kappa shape index (κ3) is 4.89. The molecule has 0 unspecified atom stereocenters. The lowest BCUT2D eigenvalue weighted by atomic mass is 10.2. The Bertz CT molecular complexity index is 392. The molecule has 0 aliphatic heterocycles. The van der Waals surface area contributed by atoms with Gasteiger partial charge in [0, 0.05) is 18.8 Å². The van der Waals surface area contributed by atoms with Crippen molar-refractivity contribution in [1.29, 1.82) is 0 Å². The summed E-state index contributed by atoms with van der Waals surface area (Å²) in [4.78, 5) is 0. The van der Waals surface area contributed by atoms with Crippen LogP contribution in [0, 0.1) is 0 Å². The summed E-state index contributed by atoms with van der Waals surface area (Å²) >= 11 is 4.93. The number of alkyl halides is 3. The molecule has 7 heteroatoms. The van der Waals surface area contributed by atoms with Crippen LogP contribution in [0.3, 0.4) is 0 Å². The molecule has 1 aromatic rings. The maximum Gasteiger partial charge on any atom is 0.416 e. The number of anilines is 1. The van der Waals surface area contributed by atoms with Gasteiger partial charge in [-0.15, -0.1) is 0 Å². The van der Waals surface area contributed by atoms with E-state index in [1.807, 2.05) is 0 Å². The number of rotatable bonds is 4. The molecule has 3 N–H and O–H groups in total. The van der Waals surface area contributed by atoms with Crippen LogP contribution in [-0.2, 0) is 6.18 Å². The second kappa shape index (κ2) is 6.55. The summed E-state index contributed by atoms with van der Waals surface area (Å²) in [5.74, 6) is 0. The van der Waals surface area contributed by atoms with Crippen molar-refractivity contribution in [3.63, 3.8) is 0 Å². The second-order valence-electron chi connectivity index (χ2n) is 3.53. The number of halogens is 3. The first kappa shape index (κ1) is 14.7. The summed E-state index contributed by atoms with van der Waals surface area (Å²) in [6.45, 7) is 0.554. The van der Waals surface area contributed by atoms with Crippen LogP contribution in [0.4, 0.5) is 18.9 Å². The van der Waals surface area contributed by atoms with E-state index >= 15 is 0 Å². The summed E-state index contributed by atoms with van der Waals surface area (Å²) < 4.78 is 36.9. The number of nitrogens with one attached hydrogen (secondary N) is 2. The zero-order valence-corrected chi connectivity index (χ0v) is 10.2. The Labute approximate surface area is 108 Å². The molecular weight excluding hydrogens is 265 g/mol. The second-order valence-corrected chi connectivity index (χ2v) is 3.94. The molecule has 0 aliphatic rings. The lowest BCUT2D eigenvalue weighted by Crippen LogP contribution is -2.29. The third-order valence-corrected chi connectivity index (χ3v) is 2.34. The van der Waals surface area contributed by atoms with Crippen LogP contribution in [0.15, 0.2) is 24.3 Å². The number of thiocarbonyl (C=S) groups is 1. The molecule has 0 aliphatic carbocycles. The van der Waals surface area contributed by atoms with Crippen molar-refractivity contribution in [2.75, 3.05) is 18.5 Å². The van der Waals surface area contributed by atoms with E-state index in [-0.39, 0.29) is 6.61 Å². The molecule has 0 aromatic heterocycles. The molecule has 0 amide bonds. The Kier molecular flexibility index (Phi) is 5.36. The fraction of sp³-hybridized carbons (Fsp3) is 0.364. The first-order chi connectivity index (χ1) is 8.43. The van der Waals surface area contributed by atoms with E-state index in [0.717, 1.165) is 12.1 Å². The summed E-state index contributed by atoms with van der Waals surface area (Å²) in [5.41, 5.74) is -0.225. The molecule has 0 fully saturated rings. The molecule has 0 saturated heterocycles. The summed E-state index contributed by atoms with van der Waals surface area (Å²) in [6.07, 6.45) is -3.78. The standard InChI is InChI=1S/C11H13F3N2OS/c12-11(13,14)8-2-4-9(5-3-8)16-10(18)15-6-1-7-17/h2-5,17H,1,6-7H2,(H2,15,16,18). The molecule has 3 nitrogen and oxygen atoms in total. The summed E-state index contributed by atoms with van der Waals surface area (Å²) in [7, 11) is 0. The molecule has 18 heavy (non-hydrogen) atoms. The van der Waals surface area contributed by atoms with E-state index in [4.69, 9.17) is 17.3 Å². The highest BCUT2D eigenvalue weighted by atomic mass is 32.1. The van der Waals surface area contributed by atoms with Gasteiger partial charge in [0.15, 0.2) is 5.11 Å². The topological polar surface area (TPSA) is 44.3 Å². The number of aliphatic hydroxyl groups excluding tert-OH is 1. The van der Waals surface area contributed by atoms with Crippen LogP contribution in [0.25, 0.3) is 0 Å². The summed E-state index contributed by atoms with van der Waals surface area (Å²) in [5, 5.41) is 14.4. The first-order valence-electron chi connectivity index (χ1n) is 5.26. The van der Waals surface area contributed by atoms with E-state index in [1.54, 1.807) is 0 Å². The first-order valence-corrected chi connectivity index (χ1v) is 5.67. The number of hydrogen-bond acceptors (Lipinski definition) is 2. The van der Waals surface area contributed by atoms with Gasteiger partial charge in [0.1, 0.15) is 0 Å². The maximum atomic E-state index is 12.3. The highest BCUT2D eigenvalue weighted by Gasteiger charge is 2.29. The molecule has 0 atom stereocenters. The predicted molar refractivity (Wildman–Crippen MR) is 67.4 cm³/mol. The number of hydrogen-bond donors (Lipinski definition) is 3. The Hall–Kier alpha value is -1.34. The molecule has 0 spiro atoms. The lowest BCUT2D eigenvalue weighted by Gasteiger charge is -2.11. The van der Waals surface area contributed by atoms with Crippen LogP contribution >= 0.6 is 12.2 Å². The van der Waals surface area contributed by atoms with Crippen LogP contribution in [0.2, 0.25) is 0 Å². The minimum absolute atomic E-state index is 0.0515. The quantitative estimate of drug-likeness (QED) is 0.584. The SMILES string of the molecule is OCCCNC(=S)Nc1ccc(C(F)(F)F)cc1. The fourth-order valence-corrected chi connectivity index (χ4v) is 1.42. The molecule has 0 bridgehead atoms. The molecule has 1 rings (SSSR count). The lowest BCUT2D eigenvalue weighted by molar-refractivity contribution is -0.137. The van der Waals surface area contributed by atoms with Crippen LogP contribution in [-0.4, -0.2) is 23.4 Å². The smallest absolute Gasteiger partial charge is 0.396 e. The minimum atomic E-state index is -4.33. The van der Waals surface area contributed by atoms with Gasteiger partial charge in [0.05, 0.1) is 5.56 Å². The Morgan fingerprint density at radius 1 is 1.22 bits per heavy atom. The van der Waals surface area contributed by atoms with Gasteiger partial charge in [0.2, 0.25) is 0 Å². The van der Waals surface area contributed by atoms with Crippen molar-refractivity contribution in [2.45, 2.75) is 12.6 Å². The van der Waals surface area contributed by atoms with Gasteiger partial charge in [-0.3, -0.25) is 0 Å². The molecular formula is C11H13F3N2OS. The highest BCUT2D eigenvalue weighted by molar-refractivity contribution is 7.80. The molecule has 0 radical (unpaired) electrons. The van der Waals surface area contributed by atoms with E-state index < -0.39 is 11.7 Å². The Morgan fingerprint density at radius 3 is 2.33 bits per heavy atom. The van der Waals surface area contributed by atoms with E-state index in [0.29, 0.717) is 23.8 Å². The van der Waals surface area contributed by atoms with Crippen molar-refractivity contribution in [2.24, 2.45) is 0 Å². The molecule has 1 aromatic carbocycles. The Balaban J connectivity index is 2.51. The van der Waals surface area contributed by atoms with Crippen molar-refractivity contribution in [3.8, 4) is 0 Å². The van der Waals surface area contributed by atoms with Crippen molar-refractivity contribution < 1.29 is 18.3 Å². The van der Waals surface area contributed by atoms with Crippen LogP contribution in [0.1, 0.15) is 12.0 Å². The molecule has 0 saturated carbocycles. The normalized spacial score (nSPS) is 11.1. The Morgan fingerprint density at radius 2 is 1.83 bits per heavy atom. The third-order valence-electron chi connectivity index (χ3n) is 2.09. The highest BCUT2D eigenvalue weighted by Crippen LogP contribution is 2.29. The fourth-order valence-electron chi connectivity index (χ4n) is 1.20. The molecule has 100 valence electrons. The van der Waals surface area contributed by atoms with Gasteiger partial charge < -0.3 is 15.7 Å². The van der Waals surface area contributed by atoms with Gasteiger partial charge in [-0.1, -0.05) is 0 Å². The van der Waals surface area contributed by atoms with Gasteiger partial charge in [-0.2, -0.15) is 13.2 Å². The monoisotopic (exact) mass is 278 g/mol. The average molecular weight is 278 g/mol. The van der Waals surface area contributed by atoms with Gasteiger partial charge >= 0.3 is 6.18 Å². The molecule has 0 heterocycles. The van der Waals surface area contributed by atoms with Gasteiger partial charge in [-0.25, -0.2) is 0 Å². The summed E-state index contributed by atoms with van der Waals surface area (Å²) in [6, 6.07) is 4.59. The van der Waals surface area contributed by atoms with Gasteiger partial charge in [-0.05, 0) is 42.9 Å². The van der Waals surface area contributed by atoms with Crippen molar-refractivity contribution in [1.82, 2.24) is 5.32 Å². The van der Waals surface area contributed by atoms with E-state index in [9.17, 15) is 13.2 Å². The minimum Gasteiger partial charge on any atom is -0.396 e. The van der Waals surface area contributed by atoms with Crippen molar-refractivity contribution in [3.05, 3.63) is 29.8 Å². The van der Waals surface area contributed by atoms with E-state index in [1.165, 1.54) is 12.1 Å². The van der Waals surface area contributed by atoms with Gasteiger partial charge in [0.25, 0.3) is 0 Å². The maximum absolute atomic E-state index is 12.3. The van der Waals surface area contributed by atoms with Crippen LogP contribution < -0.4 is 10.6 Å². The zero-order valence-electron chi connectivity index (χ0n) is 9.42. The zero-order chi connectivity index (χ0) is 13.6. The number of benzene rings is 1. The van der Waals surface area contributed by atoms with Crippen molar-refractivity contribution >= 4 is 23.0 Å². The van der Waals surface area contributed by atoms with E-state index in [2.05, 4.69) is 10.6 Å². The number of aliphatic hydroxyl groups is 1. The van der Waals surface area contributed by atoms with Crippen LogP contribution in [0.5, 0.6) is 0 Å². The largest absolute Gasteiger partial charge is 0.416 e.